The van der Waals surface area contributed by atoms with Gasteiger partial charge in [0.1, 0.15) is 11.6 Å². The third kappa shape index (κ3) is 4.32. The standard InChI is InChI=1S/C25H20F3N3O3/c1-15-22(16-8-4-3-5-9-16)23(29-20-13-12-17(34-2)14-18(20)24(32)33)31(30-15)21-11-7-6-10-19(21)25(26,27)28/h3-14,29H,1-2H3,(H,32,33). The lowest BCUT2D eigenvalue weighted by molar-refractivity contribution is -0.137. The maximum Gasteiger partial charge on any atom is 0.418 e. The molecule has 0 saturated carbocycles. The lowest BCUT2D eigenvalue weighted by Gasteiger charge is -2.17. The Kier molecular flexibility index (Phi) is 6.02. The predicted octanol–water partition coefficient (Wildman–Crippen LogP) is 6.32. The van der Waals surface area contributed by atoms with Gasteiger partial charge >= 0.3 is 12.1 Å². The summed E-state index contributed by atoms with van der Waals surface area (Å²) in [6.07, 6.45) is -4.62. The van der Waals surface area contributed by atoms with Crippen molar-refractivity contribution in [3.63, 3.8) is 0 Å². The van der Waals surface area contributed by atoms with E-state index in [4.69, 9.17) is 4.74 Å². The smallest absolute Gasteiger partial charge is 0.418 e. The third-order valence-electron chi connectivity index (χ3n) is 5.27. The SMILES string of the molecule is COc1ccc(Nc2c(-c3ccccc3)c(C)nn2-c2ccccc2C(F)(F)F)c(C(=O)O)c1. The summed E-state index contributed by atoms with van der Waals surface area (Å²) in [4.78, 5) is 11.9. The Morgan fingerprint density at radius 2 is 1.71 bits per heavy atom. The van der Waals surface area contributed by atoms with Crippen LogP contribution in [0, 0.1) is 6.92 Å². The Hall–Kier alpha value is -4.27. The highest BCUT2D eigenvalue weighted by Crippen LogP contribution is 2.40. The first-order valence-corrected chi connectivity index (χ1v) is 10.2. The normalized spacial score (nSPS) is 11.3. The number of para-hydroxylation sites is 1. The lowest BCUT2D eigenvalue weighted by atomic mass is 10.1. The number of alkyl halides is 3. The second kappa shape index (κ2) is 8.93. The molecular weight excluding hydrogens is 447 g/mol. The van der Waals surface area contributed by atoms with Gasteiger partial charge in [-0.15, -0.1) is 0 Å². The molecule has 0 bridgehead atoms. The molecule has 4 aromatic rings. The van der Waals surface area contributed by atoms with E-state index >= 15 is 0 Å². The fourth-order valence-corrected chi connectivity index (χ4v) is 3.73. The fraction of sp³-hybridized carbons (Fsp3) is 0.120. The van der Waals surface area contributed by atoms with Crippen LogP contribution in [-0.4, -0.2) is 28.0 Å². The molecule has 0 unspecified atom stereocenters. The van der Waals surface area contributed by atoms with E-state index in [1.165, 1.54) is 37.4 Å². The summed E-state index contributed by atoms with van der Waals surface area (Å²) in [6, 6.07) is 18.5. The highest BCUT2D eigenvalue weighted by molar-refractivity contribution is 5.96. The number of nitrogens with zero attached hydrogens (tertiary/aromatic N) is 2. The molecule has 1 aromatic heterocycles. The molecule has 0 saturated heterocycles. The van der Waals surface area contributed by atoms with E-state index in [2.05, 4.69) is 10.4 Å². The van der Waals surface area contributed by atoms with E-state index in [0.29, 0.717) is 22.6 Å². The van der Waals surface area contributed by atoms with Gasteiger partial charge in [-0.05, 0) is 42.8 Å². The zero-order valence-corrected chi connectivity index (χ0v) is 18.2. The topological polar surface area (TPSA) is 76.4 Å². The number of benzene rings is 3. The van der Waals surface area contributed by atoms with Crippen LogP contribution in [0.5, 0.6) is 5.75 Å². The third-order valence-corrected chi connectivity index (χ3v) is 5.27. The predicted molar refractivity (Wildman–Crippen MR) is 122 cm³/mol. The van der Waals surface area contributed by atoms with Crippen LogP contribution >= 0.6 is 0 Å². The molecule has 3 aromatic carbocycles. The van der Waals surface area contributed by atoms with Crippen LogP contribution in [0.4, 0.5) is 24.7 Å². The van der Waals surface area contributed by atoms with Crippen molar-refractivity contribution in [3.8, 4) is 22.6 Å². The number of ether oxygens (including phenoxy) is 1. The molecule has 0 fully saturated rings. The molecule has 174 valence electrons. The van der Waals surface area contributed by atoms with Gasteiger partial charge in [0.2, 0.25) is 0 Å². The van der Waals surface area contributed by atoms with Crippen molar-refractivity contribution in [1.29, 1.82) is 0 Å². The van der Waals surface area contributed by atoms with Gasteiger partial charge < -0.3 is 15.2 Å². The molecule has 6 nitrogen and oxygen atoms in total. The van der Waals surface area contributed by atoms with Crippen LogP contribution in [0.2, 0.25) is 0 Å². The second-order valence-electron chi connectivity index (χ2n) is 7.44. The van der Waals surface area contributed by atoms with Crippen LogP contribution in [0.15, 0.2) is 72.8 Å². The van der Waals surface area contributed by atoms with E-state index in [9.17, 15) is 23.1 Å². The lowest BCUT2D eigenvalue weighted by Crippen LogP contribution is -2.13. The minimum atomic E-state index is -4.62. The molecular formula is C25H20F3N3O3. The molecule has 4 rings (SSSR count). The highest BCUT2D eigenvalue weighted by Gasteiger charge is 2.35. The zero-order chi connectivity index (χ0) is 24.5. The Bertz CT molecular complexity index is 1350. The average Bonchev–Trinajstić information content (AvgIpc) is 3.14. The summed E-state index contributed by atoms with van der Waals surface area (Å²) in [6.45, 7) is 1.69. The Morgan fingerprint density at radius 1 is 1.03 bits per heavy atom. The van der Waals surface area contributed by atoms with Gasteiger partial charge in [-0.2, -0.15) is 18.3 Å². The van der Waals surface area contributed by atoms with Crippen LogP contribution in [-0.2, 0) is 6.18 Å². The Morgan fingerprint density at radius 3 is 2.35 bits per heavy atom. The van der Waals surface area contributed by atoms with Crippen molar-refractivity contribution in [1.82, 2.24) is 9.78 Å². The molecule has 1 heterocycles. The number of methoxy groups -OCH3 is 1. The molecule has 0 atom stereocenters. The summed E-state index contributed by atoms with van der Waals surface area (Å²) in [5, 5.41) is 17.2. The molecule has 0 amide bonds. The van der Waals surface area contributed by atoms with E-state index in [0.717, 1.165) is 10.7 Å². The number of halogens is 3. The van der Waals surface area contributed by atoms with E-state index in [1.54, 1.807) is 37.3 Å². The summed E-state index contributed by atoms with van der Waals surface area (Å²) < 4.78 is 47.8. The number of carboxylic acid groups (broad SMARTS) is 1. The molecule has 0 radical (unpaired) electrons. The number of anilines is 2. The maximum atomic E-state index is 13.8. The molecule has 34 heavy (non-hydrogen) atoms. The summed E-state index contributed by atoms with van der Waals surface area (Å²) >= 11 is 0. The summed E-state index contributed by atoms with van der Waals surface area (Å²) in [5.74, 6) is -0.687. The van der Waals surface area contributed by atoms with Crippen molar-refractivity contribution in [2.75, 3.05) is 12.4 Å². The van der Waals surface area contributed by atoms with Crippen molar-refractivity contribution < 1.29 is 27.8 Å². The van der Waals surface area contributed by atoms with Crippen molar-refractivity contribution in [2.24, 2.45) is 0 Å². The minimum Gasteiger partial charge on any atom is -0.497 e. The number of hydrogen-bond donors (Lipinski definition) is 2. The molecule has 0 spiro atoms. The van der Waals surface area contributed by atoms with Crippen molar-refractivity contribution in [2.45, 2.75) is 13.1 Å². The van der Waals surface area contributed by atoms with E-state index in [1.807, 2.05) is 6.07 Å². The molecule has 0 aliphatic carbocycles. The summed E-state index contributed by atoms with van der Waals surface area (Å²) in [5.41, 5.74) is 0.745. The monoisotopic (exact) mass is 467 g/mol. The molecule has 9 heteroatoms. The van der Waals surface area contributed by atoms with Crippen LogP contribution in [0.25, 0.3) is 16.8 Å². The van der Waals surface area contributed by atoms with E-state index in [-0.39, 0.29) is 22.8 Å². The quantitative estimate of drug-likeness (QED) is 0.347. The number of carboxylic acids is 1. The highest BCUT2D eigenvalue weighted by atomic mass is 19.4. The number of hydrogen-bond acceptors (Lipinski definition) is 4. The van der Waals surface area contributed by atoms with Crippen molar-refractivity contribution in [3.05, 3.63) is 89.6 Å². The first kappa shape index (κ1) is 22.9. The zero-order valence-electron chi connectivity index (χ0n) is 18.2. The first-order chi connectivity index (χ1) is 16.2. The van der Waals surface area contributed by atoms with Gasteiger partial charge in [0.15, 0.2) is 0 Å². The number of aromatic nitrogens is 2. The van der Waals surface area contributed by atoms with Crippen LogP contribution in [0.1, 0.15) is 21.6 Å². The largest absolute Gasteiger partial charge is 0.497 e. The van der Waals surface area contributed by atoms with Gasteiger partial charge in [0.05, 0.1) is 35.3 Å². The number of carbonyl (C=O) groups is 1. The fourth-order valence-electron chi connectivity index (χ4n) is 3.73. The summed E-state index contributed by atoms with van der Waals surface area (Å²) in [7, 11) is 1.41. The number of aryl methyl sites for hydroxylation is 1. The maximum absolute atomic E-state index is 13.8. The van der Waals surface area contributed by atoms with Crippen LogP contribution < -0.4 is 10.1 Å². The minimum absolute atomic E-state index is 0.104. The number of rotatable bonds is 6. The average molecular weight is 467 g/mol. The number of nitrogens with one attached hydrogen (secondary N) is 1. The number of aromatic carboxylic acids is 1. The Labute approximate surface area is 193 Å². The van der Waals surface area contributed by atoms with E-state index < -0.39 is 17.7 Å². The van der Waals surface area contributed by atoms with Gasteiger partial charge in [-0.25, -0.2) is 9.48 Å². The molecule has 0 aliphatic heterocycles. The van der Waals surface area contributed by atoms with Gasteiger partial charge in [0.25, 0.3) is 0 Å². The van der Waals surface area contributed by atoms with Gasteiger partial charge in [0, 0.05) is 5.56 Å². The second-order valence-corrected chi connectivity index (χ2v) is 7.44. The first-order valence-electron chi connectivity index (χ1n) is 10.2. The van der Waals surface area contributed by atoms with Crippen molar-refractivity contribution >= 4 is 17.5 Å². The van der Waals surface area contributed by atoms with Crippen LogP contribution in [0.3, 0.4) is 0 Å². The van der Waals surface area contributed by atoms with Gasteiger partial charge in [-0.3, -0.25) is 0 Å². The Balaban J connectivity index is 1.98. The molecule has 2 N–H and O–H groups in total. The van der Waals surface area contributed by atoms with Gasteiger partial charge in [-0.1, -0.05) is 42.5 Å². The molecule has 0 aliphatic rings.